The van der Waals surface area contributed by atoms with Crippen molar-refractivity contribution in [2.75, 3.05) is 6.54 Å². The molecule has 1 aromatic heterocycles. The van der Waals surface area contributed by atoms with Crippen LogP contribution in [-0.4, -0.2) is 34.6 Å². The molecule has 0 aliphatic carbocycles. The van der Waals surface area contributed by atoms with Crippen LogP contribution in [-0.2, 0) is 11.3 Å². The Balaban J connectivity index is 1.86. The second kappa shape index (κ2) is 7.28. The van der Waals surface area contributed by atoms with E-state index in [0.717, 1.165) is 30.7 Å². The normalized spacial score (nSPS) is 18.8. The highest BCUT2D eigenvalue weighted by Crippen LogP contribution is 2.21. The summed E-state index contributed by atoms with van der Waals surface area (Å²) in [4.78, 5) is 25.8. The average molecular weight is 296 g/mol. The van der Waals surface area contributed by atoms with Crippen molar-refractivity contribution in [2.45, 2.75) is 44.7 Å². The van der Waals surface area contributed by atoms with Crippen molar-refractivity contribution in [3.63, 3.8) is 0 Å². The Bertz CT molecular complexity index is 447. The third-order valence-electron chi connectivity index (χ3n) is 3.57. The number of piperidine rings is 1. The molecule has 0 spiro atoms. The van der Waals surface area contributed by atoms with E-state index in [4.69, 9.17) is 5.11 Å². The summed E-state index contributed by atoms with van der Waals surface area (Å²) in [6, 6.07) is 3.93. The van der Waals surface area contributed by atoms with Crippen LogP contribution < -0.4 is 5.32 Å². The number of nitrogens with one attached hydrogen (secondary N) is 1. The smallest absolute Gasteiger partial charge is 0.317 e. The van der Waals surface area contributed by atoms with Crippen LogP contribution >= 0.6 is 11.3 Å². The molecule has 6 heteroatoms. The predicted octanol–water partition coefficient (Wildman–Crippen LogP) is 2.68. The summed E-state index contributed by atoms with van der Waals surface area (Å²) < 4.78 is 0. The molecule has 1 aromatic rings. The van der Waals surface area contributed by atoms with Crippen LogP contribution in [0.1, 0.15) is 37.0 Å². The third-order valence-corrected chi connectivity index (χ3v) is 4.45. The molecule has 0 radical (unpaired) electrons. The minimum Gasteiger partial charge on any atom is -0.481 e. The van der Waals surface area contributed by atoms with E-state index in [1.807, 2.05) is 17.5 Å². The molecule has 1 saturated heterocycles. The van der Waals surface area contributed by atoms with Crippen LogP contribution in [0.25, 0.3) is 0 Å². The lowest BCUT2D eigenvalue weighted by molar-refractivity contribution is -0.137. The van der Waals surface area contributed by atoms with Gasteiger partial charge in [0.1, 0.15) is 0 Å². The van der Waals surface area contributed by atoms with Gasteiger partial charge in [-0.05, 0) is 37.1 Å². The summed E-state index contributed by atoms with van der Waals surface area (Å²) in [5.41, 5.74) is 0. The molecule has 0 aromatic carbocycles. The van der Waals surface area contributed by atoms with Crippen LogP contribution in [0.3, 0.4) is 0 Å². The van der Waals surface area contributed by atoms with Crippen molar-refractivity contribution >= 4 is 23.3 Å². The van der Waals surface area contributed by atoms with Crippen LogP contribution in [0, 0.1) is 0 Å². The number of aliphatic carboxylic acids is 1. The number of carboxylic acids is 1. The summed E-state index contributed by atoms with van der Waals surface area (Å²) in [5, 5.41) is 13.7. The monoisotopic (exact) mass is 296 g/mol. The van der Waals surface area contributed by atoms with Crippen molar-refractivity contribution in [3.05, 3.63) is 22.4 Å². The average Bonchev–Trinajstić information content (AvgIpc) is 2.96. The molecule has 0 saturated carbocycles. The molecule has 2 heterocycles. The van der Waals surface area contributed by atoms with Crippen molar-refractivity contribution in [1.29, 1.82) is 0 Å². The van der Waals surface area contributed by atoms with Crippen LogP contribution in [0.2, 0.25) is 0 Å². The largest absolute Gasteiger partial charge is 0.481 e. The number of carbonyl (C=O) groups is 2. The first kappa shape index (κ1) is 14.8. The summed E-state index contributed by atoms with van der Waals surface area (Å²) in [6.07, 6.45) is 3.63. The molecular weight excluding hydrogens is 276 g/mol. The maximum absolute atomic E-state index is 12.2. The highest BCUT2D eigenvalue weighted by molar-refractivity contribution is 7.09. The zero-order chi connectivity index (χ0) is 14.4. The lowest BCUT2D eigenvalue weighted by Gasteiger charge is -2.35. The maximum atomic E-state index is 12.2. The van der Waals surface area contributed by atoms with Gasteiger partial charge >= 0.3 is 12.0 Å². The van der Waals surface area contributed by atoms with Gasteiger partial charge in [-0.1, -0.05) is 6.07 Å². The minimum atomic E-state index is -0.797. The Hall–Kier alpha value is -1.56. The third kappa shape index (κ3) is 4.23. The number of hydrogen-bond acceptors (Lipinski definition) is 3. The standard InChI is InChI=1S/C14H20N2O3S/c17-13(18)7-6-11-4-1-2-8-16(11)14(19)15-10-12-5-3-9-20-12/h3,5,9,11H,1-2,4,6-8,10H2,(H,15,19)(H,17,18). The summed E-state index contributed by atoms with van der Waals surface area (Å²) in [5.74, 6) is -0.797. The second-order valence-electron chi connectivity index (χ2n) is 5.01. The summed E-state index contributed by atoms with van der Waals surface area (Å²) in [6.45, 7) is 1.26. The minimum absolute atomic E-state index is 0.0585. The molecule has 1 atom stereocenters. The zero-order valence-electron chi connectivity index (χ0n) is 11.4. The topological polar surface area (TPSA) is 69.6 Å². The second-order valence-corrected chi connectivity index (χ2v) is 6.05. The van der Waals surface area contributed by atoms with Crippen LogP contribution in [0.4, 0.5) is 4.79 Å². The van der Waals surface area contributed by atoms with E-state index in [2.05, 4.69) is 5.32 Å². The van der Waals surface area contributed by atoms with Gasteiger partial charge in [0, 0.05) is 23.9 Å². The molecule has 1 aliphatic rings. The molecule has 110 valence electrons. The van der Waals surface area contributed by atoms with E-state index in [9.17, 15) is 9.59 Å². The van der Waals surface area contributed by atoms with E-state index in [1.165, 1.54) is 0 Å². The molecule has 2 N–H and O–H groups in total. The SMILES string of the molecule is O=C(O)CCC1CCCCN1C(=O)NCc1cccs1. The van der Waals surface area contributed by atoms with Gasteiger partial charge in [0.25, 0.3) is 0 Å². The molecule has 1 unspecified atom stereocenters. The molecule has 2 rings (SSSR count). The quantitative estimate of drug-likeness (QED) is 0.877. The molecule has 0 bridgehead atoms. The fourth-order valence-electron chi connectivity index (χ4n) is 2.54. The van der Waals surface area contributed by atoms with E-state index in [1.54, 1.807) is 16.2 Å². The van der Waals surface area contributed by atoms with Gasteiger partial charge in [-0.15, -0.1) is 11.3 Å². The number of urea groups is 1. The van der Waals surface area contributed by atoms with E-state index < -0.39 is 5.97 Å². The van der Waals surface area contributed by atoms with Gasteiger partial charge in [0.05, 0.1) is 6.54 Å². The van der Waals surface area contributed by atoms with E-state index in [0.29, 0.717) is 13.0 Å². The molecule has 1 aliphatic heterocycles. The van der Waals surface area contributed by atoms with Gasteiger partial charge in [-0.3, -0.25) is 4.79 Å². The highest BCUT2D eigenvalue weighted by Gasteiger charge is 2.26. The first-order valence-corrected chi connectivity index (χ1v) is 7.83. The number of nitrogens with zero attached hydrogens (tertiary/aromatic N) is 1. The number of rotatable bonds is 5. The number of likely N-dealkylation sites (tertiary alicyclic amines) is 1. The molecule has 20 heavy (non-hydrogen) atoms. The molecular formula is C14H20N2O3S. The lowest BCUT2D eigenvalue weighted by Crippen LogP contribution is -2.48. The maximum Gasteiger partial charge on any atom is 0.317 e. The molecule has 5 nitrogen and oxygen atoms in total. The Morgan fingerprint density at radius 1 is 1.45 bits per heavy atom. The fourth-order valence-corrected chi connectivity index (χ4v) is 3.18. The first-order chi connectivity index (χ1) is 9.66. The number of amides is 2. The van der Waals surface area contributed by atoms with Crippen molar-refractivity contribution < 1.29 is 14.7 Å². The number of carbonyl (C=O) groups excluding carboxylic acids is 1. The predicted molar refractivity (Wildman–Crippen MR) is 77.8 cm³/mol. The number of hydrogen-bond donors (Lipinski definition) is 2. The fraction of sp³-hybridized carbons (Fsp3) is 0.571. The van der Waals surface area contributed by atoms with Gasteiger partial charge in [-0.25, -0.2) is 4.79 Å². The van der Waals surface area contributed by atoms with Crippen LogP contribution in [0.15, 0.2) is 17.5 Å². The Morgan fingerprint density at radius 3 is 3.00 bits per heavy atom. The Morgan fingerprint density at radius 2 is 2.30 bits per heavy atom. The van der Waals surface area contributed by atoms with Crippen molar-refractivity contribution in [1.82, 2.24) is 10.2 Å². The van der Waals surface area contributed by atoms with Crippen LogP contribution in [0.5, 0.6) is 0 Å². The Labute approximate surface area is 122 Å². The van der Waals surface area contributed by atoms with Gasteiger partial charge in [0.15, 0.2) is 0 Å². The zero-order valence-corrected chi connectivity index (χ0v) is 12.2. The number of thiophene rings is 1. The van der Waals surface area contributed by atoms with Crippen molar-refractivity contribution in [3.8, 4) is 0 Å². The van der Waals surface area contributed by atoms with E-state index in [-0.39, 0.29) is 18.5 Å². The summed E-state index contributed by atoms with van der Waals surface area (Å²) >= 11 is 1.62. The molecule has 1 fully saturated rings. The number of carboxylic acid groups (broad SMARTS) is 1. The molecule has 2 amide bonds. The first-order valence-electron chi connectivity index (χ1n) is 6.95. The van der Waals surface area contributed by atoms with Crippen molar-refractivity contribution in [2.24, 2.45) is 0 Å². The summed E-state index contributed by atoms with van der Waals surface area (Å²) in [7, 11) is 0. The van der Waals surface area contributed by atoms with E-state index >= 15 is 0 Å². The van der Waals surface area contributed by atoms with Gasteiger partial charge < -0.3 is 15.3 Å². The Kier molecular flexibility index (Phi) is 5.40. The van der Waals surface area contributed by atoms with Gasteiger partial charge in [0.2, 0.25) is 0 Å². The lowest BCUT2D eigenvalue weighted by atomic mass is 9.98. The highest BCUT2D eigenvalue weighted by atomic mass is 32.1. The van der Waals surface area contributed by atoms with Gasteiger partial charge in [-0.2, -0.15) is 0 Å².